The van der Waals surface area contributed by atoms with Gasteiger partial charge in [-0.15, -0.1) is 0 Å². The van der Waals surface area contributed by atoms with Crippen LogP contribution in [0.3, 0.4) is 0 Å². The smallest absolute Gasteiger partial charge is 0.243 e. The van der Waals surface area contributed by atoms with Crippen molar-refractivity contribution in [3.63, 3.8) is 0 Å². The van der Waals surface area contributed by atoms with Crippen molar-refractivity contribution in [2.75, 3.05) is 26.2 Å². The fraction of sp³-hybridized carbons (Fsp3) is 0.438. The summed E-state index contributed by atoms with van der Waals surface area (Å²) in [5, 5.41) is 4.07. The van der Waals surface area contributed by atoms with Crippen LogP contribution in [-0.2, 0) is 10.0 Å². The van der Waals surface area contributed by atoms with E-state index in [0.717, 1.165) is 31.4 Å². The van der Waals surface area contributed by atoms with E-state index in [1.807, 2.05) is 12.1 Å². The Morgan fingerprint density at radius 3 is 2.91 bits per heavy atom. The summed E-state index contributed by atoms with van der Waals surface area (Å²) in [6.07, 6.45) is 3.70. The fourth-order valence-electron chi connectivity index (χ4n) is 3.68. The highest BCUT2D eigenvalue weighted by molar-refractivity contribution is 7.89. The first-order chi connectivity index (χ1) is 10.6. The zero-order chi connectivity index (χ0) is 15.2. The van der Waals surface area contributed by atoms with Crippen molar-refractivity contribution in [1.29, 1.82) is 0 Å². The number of sulfonamides is 1. The number of hydrogen-bond donors (Lipinski definition) is 1. The lowest BCUT2D eigenvalue weighted by atomic mass is 9.87. The van der Waals surface area contributed by atoms with Crippen LogP contribution in [0.4, 0.5) is 0 Å². The summed E-state index contributed by atoms with van der Waals surface area (Å²) in [4.78, 5) is 4.64. The lowest BCUT2D eigenvalue weighted by Crippen LogP contribution is -2.33. The van der Waals surface area contributed by atoms with Crippen LogP contribution in [0, 0.1) is 5.41 Å². The zero-order valence-electron chi connectivity index (χ0n) is 12.3. The van der Waals surface area contributed by atoms with Gasteiger partial charge in [0.25, 0.3) is 0 Å². The van der Waals surface area contributed by atoms with E-state index in [0.29, 0.717) is 23.4 Å². The number of hydrogen-bond acceptors (Lipinski definition) is 4. The van der Waals surface area contributed by atoms with Crippen molar-refractivity contribution < 1.29 is 8.42 Å². The molecule has 6 heteroatoms. The summed E-state index contributed by atoms with van der Waals surface area (Å²) in [5.74, 6) is 0. The van der Waals surface area contributed by atoms with Crippen LogP contribution in [-0.4, -0.2) is 43.9 Å². The minimum Gasteiger partial charge on any atom is -0.316 e. The van der Waals surface area contributed by atoms with Gasteiger partial charge in [0.05, 0.1) is 10.4 Å². The molecule has 22 heavy (non-hydrogen) atoms. The van der Waals surface area contributed by atoms with Crippen LogP contribution >= 0.6 is 0 Å². The molecule has 0 radical (unpaired) electrons. The van der Waals surface area contributed by atoms with Crippen molar-refractivity contribution in [2.24, 2.45) is 5.41 Å². The Balaban J connectivity index is 1.74. The topological polar surface area (TPSA) is 62.3 Å². The van der Waals surface area contributed by atoms with Crippen LogP contribution in [0.5, 0.6) is 0 Å². The molecule has 116 valence electrons. The van der Waals surface area contributed by atoms with Gasteiger partial charge in [0.15, 0.2) is 0 Å². The van der Waals surface area contributed by atoms with Gasteiger partial charge in [-0.05, 0) is 49.1 Å². The predicted octanol–water partition coefficient (Wildman–Crippen LogP) is 1.61. The first-order valence-electron chi connectivity index (χ1n) is 7.65. The van der Waals surface area contributed by atoms with E-state index >= 15 is 0 Å². The monoisotopic (exact) mass is 317 g/mol. The van der Waals surface area contributed by atoms with Gasteiger partial charge in [0, 0.05) is 31.2 Å². The molecule has 2 saturated heterocycles. The molecule has 0 aliphatic carbocycles. The molecule has 5 nitrogen and oxygen atoms in total. The van der Waals surface area contributed by atoms with E-state index in [9.17, 15) is 8.42 Å². The van der Waals surface area contributed by atoms with E-state index in [1.54, 1.807) is 28.7 Å². The molecule has 2 aromatic rings. The Kier molecular flexibility index (Phi) is 3.21. The molecular weight excluding hydrogens is 298 g/mol. The third-order valence-electron chi connectivity index (χ3n) is 4.96. The number of aromatic nitrogens is 1. The Hall–Kier alpha value is -1.50. The number of rotatable bonds is 2. The van der Waals surface area contributed by atoms with Crippen molar-refractivity contribution in [3.8, 4) is 0 Å². The van der Waals surface area contributed by atoms with Crippen LogP contribution in [0.2, 0.25) is 0 Å². The summed E-state index contributed by atoms with van der Waals surface area (Å²) < 4.78 is 27.8. The molecule has 0 saturated carbocycles. The molecule has 4 rings (SSSR count). The van der Waals surface area contributed by atoms with Crippen molar-refractivity contribution in [2.45, 2.75) is 17.7 Å². The fourth-order valence-corrected chi connectivity index (χ4v) is 5.44. The SMILES string of the molecule is O=S(=O)(c1cccc2ncccc12)N1CCC2(CCNC2)C1. The normalized spacial score (nSPS) is 26.2. The van der Waals surface area contributed by atoms with E-state index < -0.39 is 10.0 Å². The minimum absolute atomic E-state index is 0.135. The first-order valence-corrected chi connectivity index (χ1v) is 9.10. The largest absolute Gasteiger partial charge is 0.316 e. The third kappa shape index (κ3) is 2.14. The van der Waals surface area contributed by atoms with Gasteiger partial charge in [-0.2, -0.15) is 4.31 Å². The average Bonchev–Trinajstić information content (AvgIpc) is 3.17. The molecule has 1 spiro atoms. The summed E-state index contributed by atoms with van der Waals surface area (Å²) in [7, 11) is -3.46. The van der Waals surface area contributed by atoms with Crippen molar-refractivity contribution in [1.82, 2.24) is 14.6 Å². The minimum atomic E-state index is -3.46. The molecule has 1 aromatic carbocycles. The van der Waals surface area contributed by atoms with E-state index in [4.69, 9.17) is 0 Å². The van der Waals surface area contributed by atoms with Gasteiger partial charge in [0.2, 0.25) is 10.0 Å². The zero-order valence-corrected chi connectivity index (χ0v) is 13.1. The Morgan fingerprint density at radius 1 is 1.18 bits per heavy atom. The number of pyridine rings is 1. The summed E-state index contributed by atoms with van der Waals surface area (Å²) in [5.41, 5.74) is 0.857. The number of nitrogens with zero attached hydrogens (tertiary/aromatic N) is 2. The molecule has 2 fully saturated rings. The predicted molar refractivity (Wildman–Crippen MR) is 85.0 cm³/mol. The quantitative estimate of drug-likeness (QED) is 0.914. The Labute approximate surface area is 130 Å². The lowest BCUT2D eigenvalue weighted by molar-refractivity contribution is 0.338. The highest BCUT2D eigenvalue weighted by Gasteiger charge is 2.44. The van der Waals surface area contributed by atoms with E-state index in [2.05, 4.69) is 10.3 Å². The van der Waals surface area contributed by atoms with E-state index in [1.165, 1.54) is 0 Å². The highest BCUT2D eigenvalue weighted by Crippen LogP contribution is 2.39. The molecule has 3 heterocycles. The number of fused-ring (bicyclic) bond motifs is 1. The molecule has 0 bridgehead atoms. The van der Waals surface area contributed by atoms with Crippen LogP contribution in [0.25, 0.3) is 10.9 Å². The van der Waals surface area contributed by atoms with Gasteiger partial charge < -0.3 is 5.32 Å². The molecule has 2 aliphatic rings. The van der Waals surface area contributed by atoms with Gasteiger partial charge >= 0.3 is 0 Å². The van der Waals surface area contributed by atoms with Crippen molar-refractivity contribution >= 4 is 20.9 Å². The molecule has 1 aromatic heterocycles. The van der Waals surface area contributed by atoms with E-state index in [-0.39, 0.29) is 5.41 Å². The van der Waals surface area contributed by atoms with Gasteiger partial charge in [-0.25, -0.2) is 8.42 Å². The maximum atomic E-state index is 13.1. The maximum Gasteiger partial charge on any atom is 0.243 e. The van der Waals surface area contributed by atoms with Crippen LogP contribution in [0.15, 0.2) is 41.4 Å². The first kappa shape index (κ1) is 14.1. The molecule has 1 unspecified atom stereocenters. The molecule has 1 N–H and O–H groups in total. The summed E-state index contributed by atoms with van der Waals surface area (Å²) in [6, 6.07) is 8.93. The lowest BCUT2D eigenvalue weighted by Gasteiger charge is -2.23. The molecular formula is C16H19N3O2S. The standard InChI is InChI=1S/C16H19N3O2S/c20-22(21,19-10-7-16(12-19)6-9-17-11-16)15-5-1-4-14-13(15)3-2-8-18-14/h1-5,8,17H,6-7,9-12H2. The Morgan fingerprint density at radius 2 is 2.09 bits per heavy atom. The number of benzene rings is 1. The summed E-state index contributed by atoms with van der Waals surface area (Å²) in [6.45, 7) is 3.15. The van der Waals surface area contributed by atoms with Crippen molar-refractivity contribution in [3.05, 3.63) is 36.5 Å². The van der Waals surface area contributed by atoms with Crippen LogP contribution in [0.1, 0.15) is 12.8 Å². The molecule has 1 atom stereocenters. The third-order valence-corrected chi connectivity index (χ3v) is 6.86. The molecule has 0 amide bonds. The van der Waals surface area contributed by atoms with Gasteiger partial charge in [0.1, 0.15) is 0 Å². The second-order valence-corrected chi connectivity index (χ2v) is 8.25. The summed E-state index contributed by atoms with van der Waals surface area (Å²) >= 11 is 0. The average molecular weight is 317 g/mol. The van der Waals surface area contributed by atoms with Crippen LogP contribution < -0.4 is 5.32 Å². The number of nitrogens with one attached hydrogen (secondary N) is 1. The van der Waals surface area contributed by atoms with Gasteiger partial charge in [-0.1, -0.05) is 6.07 Å². The second kappa shape index (κ2) is 5.01. The highest BCUT2D eigenvalue weighted by atomic mass is 32.2. The second-order valence-electron chi connectivity index (χ2n) is 6.34. The maximum absolute atomic E-state index is 13.1. The molecule has 2 aliphatic heterocycles. The van der Waals surface area contributed by atoms with Gasteiger partial charge in [-0.3, -0.25) is 4.98 Å². The Bertz CT molecular complexity index is 808.